The number of nitrogens with two attached hydrogens (primary N) is 1. The highest BCUT2D eigenvalue weighted by molar-refractivity contribution is 5.75. The fraction of sp³-hybridized carbons (Fsp3) is 0.200. The SMILES string of the molecule is Cn1c(C(C)(N)c2ccccc2)nc2ccncc21. The van der Waals surface area contributed by atoms with Crippen LogP contribution in [0.3, 0.4) is 0 Å². The molecule has 0 aliphatic carbocycles. The van der Waals surface area contributed by atoms with Gasteiger partial charge in [0.25, 0.3) is 0 Å². The van der Waals surface area contributed by atoms with Crippen LogP contribution in [0.4, 0.5) is 0 Å². The molecule has 1 aromatic carbocycles. The van der Waals surface area contributed by atoms with Gasteiger partial charge in [0.05, 0.1) is 22.8 Å². The van der Waals surface area contributed by atoms with Crippen LogP contribution in [0.15, 0.2) is 48.8 Å². The van der Waals surface area contributed by atoms with Crippen LogP contribution in [0.25, 0.3) is 11.0 Å². The second kappa shape index (κ2) is 4.17. The molecule has 1 unspecified atom stereocenters. The third kappa shape index (κ3) is 1.81. The van der Waals surface area contributed by atoms with Gasteiger partial charge in [-0.2, -0.15) is 0 Å². The van der Waals surface area contributed by atoms with Gasteiger partial charge < -0.3 is 10.3 Å². The summed E-state index contributed by atoms with van der Waals surface area (Å²) in [6, 6.07) is 11.9. The number of nitrogens with zero attached hydrogens (tertiary/aromatic N) is 3. The molecule has 96 valence electrons. The predicted octanol–water partition coefficient (Wildman–Crippen LogP) is 2.19. The zero-order chi connectivity index (χ0) is 13.5. The van der Waals surface area contributed by atoms with Gasteiger partial charge >= 0.3 is 0 Å². The van der Waals surface area contributed by atoms with Crippen molar-refractivity contribution < 1.29 is 0 Å². The topological polar surface area (TPSA) is 56.7 Å². The molecule has 0 saturated carbocycles. The molecule has 1 atom stereocenters. The Balaban J connectivity index is 2.21. The third-order valence-corrected chi connectivity index (χ3v) is 3.52. The van der Waals surface area contributed by atoms with Crippen molar-refractivity contribution in [1.29, 1.82) is 0 Å². The molecule has 2 heterocycles. The van der Waals surface area contributed by atoms with E-state index in [9.17, 15) is 0 Å². The molecule has 19 heavy (non-hydrogen) atoms. The summed E-state index contributed by atoms with van der Waals surface area (Å²) in [6.45, 7) is 1.98. The molecule has 3 aromatic rings. The number of pyridine rings is 1. The lowest BCUT2D eigenvalue weighted by Gasteiger charge is -2.24. The standard InChI is InChI=1S/C15H16N4/c1-15(16,11-6-4-3-5-7-11)14-18-12-8-9-17-10-13(12)19(14)2/h3-10H,16H2,1-2H3. The van der Waals surface area contributed by atoms with Gasteiger partial charge in [-0.3, -0.25) is 4.98 Å². The smallest absolute Gasteiger partial charge is 0.134 e. The van der Waals surface area contributed by atoms with Crippen LogP contribution in [-0.2, 0) is 12.6 Å². The monoisotopic (exact) mass is 252 g/mol. The van der Waals surface area contributed by atoms with Crippen LogP contribution in [0, 0.1) is 0 Å². The number of rotatable bonds is 2. The van der Waals surface area contributed by atoms with E-state index in [0.29, 0.717) is 0 Å². The molecule has 0 saturated heterocycles. The molecule has 0 aliphatic rings. The minimum Gasteiger partial charge on any atom is -0.328 e. The first kappa shape index (κ1) is 11.9. The van der Waals surface area contributed by atoms with Crippen LogP contribution < -0.4 is 5.73 Å². The zero-order valence-electron chi connectivity index (χ0n) is 11.0. The summed E-state index contributed by atoms with van der Waals surface area (Å²) in [5, 5.41) is 0. The van der Waals surface area contributed by atoms with E-state index in [0.717, 1.165) is 22.4 Å². The second-order valence-electron chi connectivity index (χ2n) is 4.93. The van der Waals surface area contributed by atoms with Gasteiger partial charge in [0, 0.05) is 13.2 Å². The maximum absolute atomic E-state index is 6.52. The van der Waals surface area contributed by atoms with Gasteiger partial charge in [-0.15, -0.1) is 0 Å². The Hall–Kier alpha value is -2.20. The van der Waals surface area contributed by atoms with Crippen LogP contribution in [-0.4, -0.2) is 14.5 Å². The molecule has 3 rings (SSSR count). The molecule has 0 fully saturated rings. The van der Waals surface area contributed by atoms with E-state index >= 15 is 0 Å². The van der Waals surface area contributed by atoms with Gasteiger partial charge in [-0.1, -0.05) is 30.3 Å². The fourth-order valence-corrected chi connectivity index (χ4v) is 2.41. The minimum atomic E-state index is -0.630. The maximum atomic E-state index is 6.52. The van der Waals surface area contributed by atoms with Gasteiger partial charge in [0.15, 0.2) is 0 Å². The molecule has 4 nitrogen and oxygen atoms in total. The average Bonchev–Trinajstić information content (AvgIpc) is 2.78. The Morgan fingerprint density at radius 1 is 1.16 bits per heavy atom. The quantitative estimate of drug-likeness (QED) is 0.760. The van der Waals surface area contributed by atoms with Gasteiger partial charge in [0.2, 0.25) is 0 Å². The highest BCUT2D eigenvalue weighted by atomic mass is 15.1. The van der Waals surface area contributed by atoms with Crippen molar-refractivity contribution in [2.75, 3.05) is 0 Å². The number of benzene rings is 1. The van der Waals surface area contributed by atoms with Gasteiger partial charge in [0.1, 0.15) is 5.82 Å². The third-order valence-electron chi connectivity index (χ3n) is 3.52. The first-order valence-electron chi connectivity index (χ1n) is 6.22. The van der Waals surface area contributed by atoms with Crippen molar-refractivity contribution in [2.24, 2.45) is 12.8 Å². The van der Waals surface area contributed by atoms with Crippen molar-refractivity contribution in [3.8, 4) is 0 Å². The number of aryl methyl sites for hydroxylation is 1. The zero-order valence-corrected chi connectivity index (χ0v) is 11.0. The molecule has 0 amide bonds. The van der Waals surface area contributed by atoms with E-state index in [-0.39, 0.29) is 0 Å². The molecular formula is C15H16N4. The van der Waals surface area contributed by atoms with E-state index in [4.69, 9.17) is 5.73 Å². The van der Waals surface area contributed by atoms with Crippen LogP contribution >= 0.6 is 0 Å². The Bertz CT molecular complexity index is 713. The van der Waals surface area contributed by atoms with Crippen LogP contribution in [0.5, 0.6) is 0 Å². The lowest BCUT2D eigenvalue weighted by atomic mass is 9.92. The summed E-state index contributed by atoms with van der Waals surface area (Å²) in [6.07, 6.45) is 3.56. The van der Waals surface area contributed by atoms with Gasteiger partial charge in [-0.05, 0) is 18.6 Å². The number of aromatic nitrogens is 3. The Morgan fingerprint density at radius 3 is 2.58 bits per heavy atom. The number of hydrogen-bond donors (Lipinski definition) is 1. The maximum Gasteiger partial charge on any atom is 0.134 e. The van der Waals surface area contributed by atoms with Crippen LogP contribution in [0.2, 0.25) is 0 Å². The number of imidazole rings is 1. The Morgan fingerprint density at radius 2 is 1.89 bits per heavy atom. The molecule has 0 bridgehead atoms. The van der Waals surface area contributed by atoms with Crippen molar-refractivity contribution >= 4 is 11.0 Å². The summed E-state index contributed by atoms with van der Waals surface area (Å²) in [5.41, 5.74) is 8.84. The van der Waals surface area contributed by atoms with Crippen molar-refractivity contribution in [3.05, 3.63) is 60.2 Å². The number of hydrogen-bond acceptors (Lipinski definition) is 3. The van der Waals surface area contributed by atoms with E-state index in [2.05, 4.69) is 9.97 Å². The predicted molar refractivity (Wildman–Crippen MR) is 75.6 cm³/mol. The highest BCUT2D eigenvalue weighted by Gasteiger charge is 2.29. The average molecular weight is 252 g/mol. The normalized spacial score (nSPS) is 14.5. The molecule has 4 heteroatoms. The molecular weight excluding hydrogens is 236 g/mol. The van der Waals surface area contributed by atoms with E-state index in [1.807, 2.05) is 61.1 Å². The minimum absolute atomic E-state index is 0.630. The second-order valence-corrected chi connectivity index (χ2v) is 4.93. The highest BCUT2D eigenvalue weighted by Crippen LogP contribution is 2.27. The summed E-state index contributed by atoms with van der Waals surface area (Å²) < 4.78 is 2.01. The Labute approximate surface area is 111 Å². The Kier molecular flexibility index (Phi) is 2.61. The van der Waals surface area contributed by atoms with Crippen molar-refractivity contribution in [1.82, 2.24) is 14.5 Å². The van der Waals surface area contributed by atoms with Gasteiger partial charge in [-0.25, -0.2) is 4.98 Å². The number of fused-ring (bicyclic) bond motifs is 1. The van der Waals surface area contributed by atoms with E-state index in [1.54, 1.807) is 6.20 Å². The lowest BCUT2D eigenvalue weighted by molar-refractivity contribution is 0.538. The molecule has 2 aromatic heterocycles. The lowest BCUT2D eigenvalue weighted by Crippen LogP contribution is -2.37. The summed E-state index contributed by atoms with van der Waals surface area (Å²) in [7, 11) is 1.97. The van der Waals surface area contributed by atoms with Crippen LogP contribution in [0.1, 0.15) is 18.3 Å². The largest absolute Gasteiger partial charge is 0.328 e. The fourth-order valence-electron chi connectivity index (χ4n) is 2.41. The first-order valence-corrected chi connectivity index (χ1v) is 6.22. The molecule has 0 radical (unpaired) electrons. The van der Waals surface area contributed by atoms with E-state index in [1.165, 1.54) is 0 Å². The summed E-state index contributed by atoms with van der Waals surface area (Å²) in [4.78, 5) is 8.80. The molecule has 0 spiro atoms. The molecule has 0 aliphatic heterocycles. The van der Waals surface area contributed by atoms with E-state index < -0.39 is 5.54 Å². The summed E-state index contributed by atoms with van der Waals surface area (Å²) in [5.74, 6) is 0.835. The van der Waals surface area contributed by atoms with Crippen molar-refractivity contribution in [2.45, 2.75) is 12.5 Å². The molecule has 2 N–H and O–H groups in total. The van der Waals surface area contributed by atoms with Crippen molar-refractivity contribution in [3.63, 3.8) is 0 Å². The first-order chi connectivity index (χ1) is 9.10. The summed E-state index contributed by atoms with van der Waals surface area (Å²) >= 11 is 0.